The van der Waals surface area contributed by atoms with Gasteiger partial charge >= 0.3 is 6.61 Å². The summed E-state index contributed by atoms with van der Waals surface area (Å²) in [5, 5.41) is 3.02. The van der Waals surface area contributed by atoms with Crippen LogP contribution in [0.3, 0.4) is 0 Å². The van der Waals surface area contributed by atoms with E-state index in [0.717, 1.165) is 27.9 Å². The first-order chi connectivity index (χ1) is 18.4. The zero-order chi connectivity index (χ0) is 27.7. The molecule has 1 amide bonds. The van der Waals surface area contributed by atoms with Crippen molar-refractivity contribution in [1.82, 2.24) is 19.9 Å². The minimum atomic E-state index is -3.00. The standard InChI is InChI=1S/C29H30F2N4O3Si/c1-29(2,38-39(3,4)5)24-12-10-17(15-32-24)16-9-11-19-21(13-16)35-22-14-20(26(35)33-19)34-27(36)18-7-6-8-23(25(18)22)37-28(30)31/h6-13,15,20,22,28H,14H2,1-5H3,(H,34,36)/t20-,22-/m1/s1. The van der Waals surface area contributed by atoms with Crippen LogP contribution in [-0.4, -0.2) is 35.4 Å². The molecule has 0 unspecified atom stereocenters. The summed E-state index contributed by atoms with van der Waals surface area (Å²) < 4.78 is 39.8. The molecule has 0 fully saturated rings. The maximum Gasteiger partial charge on any atom is 0.387 e. The van der Waals surface area contributed by atoms with Crippen LogP contribution < -0.4 is 10.1 Å². The minimum absolute atomic E-state index is 0.0112. The van der Waals surface area contributed by atoms with Crippen LogP contribution in [0.15, 0.2) is 54.7 Å². The van der Waals surface area contributed by atoms with Gasteiger partial charge in [-0.3, -0.25) is 9.78 Å². The van der Waals surface area contributed by atoms with Gasteiger partial charge in [0, 0.05) is 22.9 Å². The number of alkyl halides is 2. The second-order valence-electron chi connectivity index (χ2n) is 11.6. The van der Waals surface area contributed by atoms with Crippen LogP contribution in [0.1, 0.15) is 59.8 Å². The number of carbonyl (C=O) groups excluding carboxylic acids is 1. The van der Waals surface area contributed by atoms with Crippen molar-refractivity contribution in [2.24, 2.45) is 0 Å². The molecule has 2 aliphatic rings. The highest BCUT2D eigenvalue weighted by Gasteiger charge is 2.42. The summed E-state index contributed by atoms with van der Waals surface area (Å²) in [6.45, 7) is 7.56. The largest absolute Gasteiger partial charge is 0.434 e. The number of carbonyl (C=O) groups is 1. The predicted octanol–water partition coefficient (Wildman–Crippen LogP) is 6.56. The molecule has 1 N–H and O–H groups in total. The maximum absolute atomic E-state index is 13.3. The molecule has 39 heavy (non-hydrogen) atoms. The van der Waals surface area contributed by atoms with Gasteiger partial charge in [-0.05, 0) is 75.8 Å². The van der Waals surface area contributed by atoms with Gasteiger partial charge in [-0.25, -0.2) is 4.98 Å². The molecule has 0 saturated heterocycles. The summed E-state index contributed by atoms with van der Waals surface area (Å²) >= 11 is 0. The van der Waals surface area contributed by atoms with Crippen LogP contribution in [0.2, 0.25) is 19.6 Å². The Kier molecular flexibility index (Phi) is 5.89. The molecule has 2 aromatic carbocycles. The zero-order valence-electron chi connectivity index (χ0n) is 22.5. The Morgan fingerprint density at radius 2 is 1.87 bits per heavy atom. The van der Waals surface area contributed by atoms with E-state index in [-0.39, 0.29) is 23.7 Å². The van der Waals surface area contributed by atoms with Crippen molar-refractivity contribution in [3.05, 3.63) is 77.4 Å². The fourth-order valence-electron chi connectivity index (χ4n) is 5.93. The Balaban J connectivity index is 1.42. The van der Waals surface area contributed by atoms with Crippen molar-refractivity contribution >= 4 is 25.3 Å². The molecule has 0 aliphatic carbocycles. The highest BCUT2D eigenvalue weighted by atomic mass is 28.4. The van der Waals surface area contributed by atoms with E-state index in [4.69, 9.17) is 19.1 Å². The number of nitrogens with zero attached hydrogens (tertiary/aromatic N) is 3. The van der Waals surface area contributed by atoms with Gasteiger partial charge < -0.3 is 19.0 Å². The second-order valence-corrected chi connectivity index (χ2v) is 16.0. The van der Waals surface area contributed by atoms with E-state index < -0.39 is 20.5 Å². The number of rotatable bonds is 6. The van der Waals surface area contributed by atoms with Crippen molar-refractivity contribution in [3.8, 4) is 16.9 Å². The van der Waals surface area contributed by atoms with Crippen LogP contribution in [-0.2, 0) is 10.0 Å². The van der Waals surface area contributed by atoms with Crippen LogP contribution in [0.25, 0.3) is 22.2 Å². The van der Waals surface area contributed by atoms with E-state index in [1.54, 1.807) is 12.1 Å². The lowest BCUT2D eigenvalue weighted by atomic mass is 9.97. The van der Waals surface area contributed by atoms with Crippen LogP contribution in [0.5, 0.6) is 5.75 Å². The number of ether oxygens (including phenoxy) is 1. The van der Waals surface area contributed by atoms with E-state index >= 15 is 0 Å². The average molecular weight is 549 g/mol. The van der Waals surface area contributed by atoms with Crippen molar-refractivity contribution in [2.75, 3.05) is 0 Å². The molecule has 202 valence electrons. The number of aromatic nitrogens is 3. The normalized spacial score (nSPS) is 18.6. The number of hydrogen-bond acceptors (Lipinski definition) is 5. The number of fused-ring (bicyclic) bond motifs is 9. The van der Waals surface area contributed by atoms with Gasteiger partial charge in [0.2, 0.25) is 0 Å². The number of nitrogens with one attached hydrogen (secondary N) is 1. The third-order valence-electron chi connectivity index (χ3n) is 7.24. The van der Waals surface area contributed by atoms with Crippen LogP contribution in [0, 0.1) is 0 Å². The topological polar surface area (TPSA) is 78.3 Å². The Morgan fingerprint density at radius 1 is 1.10 bits per heavy atom. The average Bonchev–Trinajstić information content (AvgIpc) is 3.34. The van der Waals surface area contributed by atoms with E-state index in [2.05, 4.69) is 25.0 Å². The van der Waals surface area contributed by atoms with Gasteiger partial charge in [0.05, 0.1) is 34.4 Å². The van der Waals surface area contributed by atoms with Crippen molar-refractivity contribution in [3.63, 3.8) is 0 Å². The Labute approximate surface area is 226 Å². The number of hydrogen-bond donors (Lipinski definition) is 1. The highest BCUT2D eigenvalue weighted by molar-refractivity contribution is 6.69. The number of benzene rings is 2. The molecule has 0 radical (unpaired) electrons. The zero-order valence-corrected chi connectivity index (χ0v) is 23.5. The highest BCUT2D eigenvalue weighted by Crippen LogP contribution is 2.47. The van der Waals surface area contributed by atoms with Crippen LogP contribution >= 0.6 is 0 Å². The molecular formula is C29H30F2N4O3Si. The van der Waals surface area contributed by atoms with E-state index in [9.17, 15) is 13.6 Å². The second kappa shape index (κ2) is 8.95. The lowest BCUT2D eigenvalue weighted by Gasteiger charge is -2.32. The third-order valence-corrected chi connectivity index (χ3v) is 8.36. The van der Waals surface area contributed by atoms with E-state index in [1.165, 1.54) is 6.07 Å². The number of amides is 1. The van der Waals surface area contributed by atoms with Crippen molar-refractivity contribution in [2.45, 2.75) is 64.2 Å². The molecular weight excluding hydrogens is 518 g/mol. The number of halogens is 2. The first-order valence-electron chi connectivity index (χ1n) is 13.0. The smallest absolute Gasteiger partial charge is 0.387 e. The molecule has 2 bridgehead atoms. The van der Waals surface area contributed by atoms with Crippen LogP contribution in [0.4, 0.5) is 8.78 Å². The summed E-state index contributed by atoms with van der Waals surface area (Å²) in [5.74, 6) is 0.400. The molecule has 2 aliphatic heterocycles. The predicted molar refractivity (Wildman–Crippen MR) is 146 cm³/mol. The fourth-order valence-corrected chi connectivity index (χ4v) is 7.56. The summed E-state index contributed by atoms with van der Waals surface area (Å²) in [4.78, 5) is 22.5. The molecule has 6 rings (SSSR count). The molecule has 10 heteroatoms. The molecule has 0 saturated carbocycles. The Bertz CT molecular complexity index is 1590. The summed E-state index contributed by atoms with van der Waals surface area (Å²) in [6.07, 6.45) is 2.36. The number of imidazole rings is 1. The van der Waals surface area contributed by atoms with E-state index in [1.807, 2.05) is 54.9 Å². The lowest BCUT2D eigenvalue weighted by molar-refractivity contribution is -0.0507. The third kappa shape index (κ3) is 4.51. The minimum Gasteiger partial charge on any atom is -0.434 e. The van der Waals surface area contributed by atoms with Gasteiger partial charge in [-0.2, -0.15) is 8.78 Å². The molecule has 2 atom stereocenters. The van der Waals surface area contributed by atoms with Crippen molar-refractivity contribution in [1.29, 1.82) is 0 Å². The molecule has 0 spiro atoms. The van der Waals surface area contributed by atoms with Gasteiger partial charge in [-0.15, -0.1) is 0 Å². The summed E-state index contributed by atoms with van der Waals surface area (Å²) in [5.41, 5.74) is 4.68. The number of pyridine rings is 1. The SMILES string of the molecule is CC(C)(O[Si](C)(C)C)c1ccc(-c2ccc3nc4n(c3c2)[C@@H]2C[C@H]4NC(=O)c3cccc(OC(F)F)c32)cn1. The molecule has 2 aromatic heterocycles. The van der Waals surface area contributed by atoms with Gasteiger partial charge in [0.25, 0.3) is 5.91 Å². The Morgan fingerprint density at radius 3 is 2.56 bits per heavy atom. The van der Waals surface area contributed by atoms with E-state index in [0.29, 0.717) is 23.4 Å². The van der Waals surface area contributed by atoms with Gasteiger partial charge in [0.15, 0.2) is 8.32 Å². The summed E-state index contributed by atoms with van der Waals surface area (Å²) in [7, 11) is -1.77. The van der Waals surface area contributed by atoms with Gasteiger partial charge in [-0.1, -0.05) is 18.2 Å². The quantitative estimate of drug-likeness (QED) is 0.276. The first-order valence-corrected chi connectivity index (χ1v) is 16.4. The molecule has 7 nitrogen and oxygen atoms in total. The molecule has 4 heterocycles. The maximum atomic E-state index is 13.3. The first kappa shape index (κ1) is 25.6. The van der Waals surface area contributed by atoms with Gasteiger partial charge in [0.1, 0.15) is 11.6 Å². The lowest BCUT2D eigenvalue weighted by Crippen LogP contribution is -2.37. The van der Waals surface area contributed by atoms with Crippen molar-refractivity contribution < 1.29 is 22.7 Å². The summed E-state index contributed by atoms with van der Waals surface area (Å²) in [6, 6.07) is 14.0. The Hall–Kier alpha value is -3.63. The fraction of sp³-hybridized carbons (Fsp3) is 0.345. The monoisotopic (exact) mass is 548 g/mol. The molecule has 4 aromatic rings.